The van der Waals surface area contributed by atoms with Gasteiger partial charge in [0.1, 0.15) is 0 Å². The molecular weight excluding hydrogens is 349 g/mol. The Balaban J connectivity index is 2.49. The Morgan fingerprint density at radius 2 is 1.77 bits per heavy atom. The summed E-state index contributed by atoms with van der Waals surface area (Å²) in [5, 5.41) is 9.50. The number of carboxylic acid groups (broad SMARTS) is 1. The summed E-state index contributed by atoms with van der Waals surface area (Å²) in [7, 11) is -3.83. The number of sulfone groups is 1. The maximum absolute atomic E-state index is 12.4. The monoisotopic (exact) mass is 359 g/mol. The zero-order valence-corrected chi connectivity index (χ0v) is 13.7. The molecule has 1 aromatic carbocycles. The summed E-state index contributed by atoms with van der Waals surface area (Å²) in [5.74, 6) is -1.78. The third kappa shape index (κ3) is 3.76. The van der Waals surface area contributed by atoms with Crippen LogP contribution in [0.25, 0.3) is 0 Å². The lowest BCUT2D eigenvalue weighted by atomic mass is 10.2. The normalized spacial score (nSPS) is 11.4. The number of halogens is 2. The molecule has 0 radical (unpaired) electrons. The fourth-order valence-electron chi connectivity index (χ4n) is 1.89. The summed E-state index contributed by atoms with van der Waals surface area (Å²) >= 11 is 11.6. The van der Waals surface area contributed by atoms with Crippen molar-refractivity contribution >= 4 is 39.0 Å². The SMILES string of the molecule is Cc1ccc(C(=O)O)c(CS(=O)(=O)c2cc(Cl)cc(Cl)c2)n1. The molecule has 8 heteroatoms. The molecule has 2 rings (SSSR count). The molecule has 0 atom stereocenters. The first-order chi connectivity index (χ1) is 10.2. The number of benzene rings is 1. The van der Waals surface area contributed by atoms with Crippen LogP contribution in [0.15, 0.2) is 35.2 Å². The Morgan fingerprint density at radius 3 is 2.32 bits per heavy atom. The molecule has 0 unspecified atom stereocenters. The van der Waals surface area contributed by atoms with E-state index in [1.165, 1.54) is 30.3 Å². The van der Waals surface area contributed by atoms with Crippen LogP contribution in [0.1, 0.15) is 21.7 Å². The van der Waals surface area contributed by atoms with Gasteiger partial charge in [0.25, 0.3) is 0 Å². The highest BCUT2D eigenvalue weighted by atomic mass is 35.5. The van der Waals surface area contributed by atoms with E-state index in [9.17, 15) is 13.2 Å². The summed E-state index contributed by atoms with van der Waals surface area (Å²) < 4.78 is 24.9. The minimum atomic E-state index is -3.83. The Hall–Kier alpha value is -1.63. The third-order valence-electron chi connectivity index (χ3n) is 2.87. The summed E-state index contributed by atoms with van der Waals surface area (Å²) in [5.41, 5.74) is 0.352. The fraction of sp³-hybridized carbons (Fsp3) is 0.143. The number of carbonyl (C=O) groups is 1. The van der Waals surface area contributed by atoms with Crippen molar-refractivity contribution in [3.8, 4) is 0 Å². The Labute approximate surface area is 137 Å². The van der Waals surface area contributed by atoms with Crippen molar-refractivity contribution in [2.45, 2.75) is 17.6 Å². The summed E-state index contributed by atoms with van der Waals surface area (Å²) in [6.07, 6.45) is 0. The molecule has 116 valence electrons. The lowest BCUT2D eigenvalue weighted by Gasteiger charge is -2.08. The quantitative estimate of drug-likeness (QED) is 0.904. The molecule has 0 amide bonds. The van der Waals surface area contributed by atoms with Crippen LogP contribution < -0.4 is 0 Å². The van der Waals surface area contributed by atoms with E-state index in [0.717, 1.165) is 0 Å². The van der Waals surface area contributed by atoms with E-state index < -0.39 is 21.6 Å². The van der Waals surface area contributed by atoms with Crippen molar-refractivity contribution in [3.05, 3.63) is 57.3 Å². The van der Waals surface area contributed by atoms with Crippen molar-refractivity contribution < 1.29 is 18.3 Å². The molecule has 1 aromatic heterocycles. The zero-order valence-electron chi connectivity index (χ0n) is 11.4. The number of aryl methyl sites for hydroxylation is 1. The van der Waals surface area contributed by atoms with E-state index in [1.807, 2.05) is 0 Å². The summed E-state index contributed by atoms with van der Waals surface area (Å²) in [6, 6.07) is 6.78. The van der Waals surface area contributed by atoms with Crippen LogP contribution in [0.3, 0.4) is 0 Å². The van der Waals surface area contributed by atoms with Gasteiger partial charge < -0.3 is 5.11 Å². The van der Waals surface area contributed by atoms with Gasteiger partial charge in [-0.25, -0.2) is 13.2 Å². The highest BCUT2D eigenvalue weighted by molar-refractivity contribution is 7.90. The molecule has 5 nitrogen and oxygen atoms in total. The number of nitrogens with zero attached hydrogens (tertiary/aromatic N) is 1. The van der Waals surface area contributed by atoms with Crippen molar-refractivity contribution in [3.63, 3.8) is 0 Å². The van der Waals surface area contributed by atoms with Gasteiger partial charge in [0.15, 0.2) is 9.84 Å². The Kier molecular flexibility index (Phi) is 4.75. The van der Waals surface area contributed by atoms with E-state index in [4.69, 9.17) is 28.3 Å². The van der Waals surface area contributed by atoms with Crippen LogP contribution in [-0.2, 0) is 15.6 Å². The molecule has 1 heterocycles. The molecular formula is C14H11Cl2NO4S. The van der Waals surface area contributed by atoms with Crippen LogP contribution >= 0.6 is 23.2 Å². The lowest BCUT2D eigenvalue weighted by molar-refractivity contribution is 0.0695. The predicted octanol–water partition coefficient (Wildman–Crippen LogP) is 3.37. The lowest BCUT2D eigenvalue weighted by Crippen LogP contribution is -2.12. The highest BCUT2D eigenvalue weighted by Crippen LogP contribution is 2.25. The number of carboxylic acids is 1. The van der Waals surface area contributed by atoms with E-state index in [2.05, 4.69) is 4.98 Å². The Bertz CT molecular complexity index is 830. The van der Waals surface area contributed by atoms with Gasteiger partial charge >= 0.3 is 5.97 Å². The molecule has 0 saturated heterocycles. The molecule has 2 aromatic rings. The van der Waals surface area contributed by atoms with Crippen molar-refractivity contribution in [1.29, 1.82) is 0 Å². The number of pyridine rings is 1. The van der Waals surface area contributed by atoms with Crippen LogP contribution in [0, 0.1) is 6.92 Å². The number of rotatable bonds is 4. The van der Waals surface area contributed by atoms with Gasteiger partial charge in [-0.2, -0.15) is 0 Å². The number of aromatic carboxylic acids is 1. The smallest absolute Gasteiger partial charge is 0.337 e. The standard InChI is InChI=1S/C14H11Cl2NO4S/c1-8-2-3-12(14(18)19)13(17-8)7-22(20,21)11-5-9(15)4-10(16)6-11/h2-6H,7H2,1H3,(H,18,19). The molecule has 22 heavy (non-hydrogen) atoms. The van der Waals surface area contributed by atoms with Gasteiger partial charge in [0.2, 0.25) is 0 Å². The van der Waals surface area contributed by atoms with E-state index in [-0.39, 0.29) is 26.2 Å². The van der Waals surface area contributed by atoms with Gasteiger partial charge in [-0.3, -0.25) is 4.98 Å². The Morgan fingerprint density at radius 1 is 1.18 bits per heavy atom. The minimum absolute atomic E-state index is 0.0244. The van der Waals surface area contributed by atoms with Gasteiger partial charge in [0.05, 0.1) is 21.9 Å². The topological polar surface area (TPSA) is 84.3 Å². The van der Waals surface area contributed by atoms with E-state index >= 15 is 0 Å². The summed E-state index contributed by atoms with van der Waals surface area (Å²) in [6.45, 7) is 1.65. The maximum Gasteiger partial charge on any atom is 0.337 e. The second kappa shape index (κ2) is 6.24. The minimum Gasteiger partial charge on any atom is -0.478 e. The molecule has 0 aliphatic rings. The van der Waals surface area contributed by atoms with Crippen LogP contribution in [-0.4, -0.2) is 24.5 Å². The van der Waals surface area contributed by atoms with Crippen molar-refractivity contribution in [2.75, 3.05) is 0 Å². The molecule has 0 aliphatic heterocycles. The van der Waals surface area contributed by atoms with Gasteiger partial charge in [-0.05, 0) is 37.3 Å². The summed E-state index contributed by atoms with van der Waals surface area (Å²) in [4.78, 5) is 15.1. The molecule has 0 saturated carbocycles. The third-order valence-corrected chi connectivity index (χ3v) is 4.91. The van der Waals surface area contributed by atoms with Crippen LogP contribution in [0.2, 0.25) is 10.0 Å². The molecule has 0 aliphatic carbocycles. The number of hydrogen-bond donors (Lipinski definition) is 1. The highest BCUT2D eigenvalue weighted by Gasteiger charge is 2.22. The van der Waals surface area contributed by atoms with Crippen molar-refractivity contribution in [2.24, 2.45) is 0 Å². The molecule has 1 N–H and O–H groups in total. The first kappa shape index (κ1) is 16.7. The average molecular weight is 360 g/mol. The van der Waals surface area contributed by atoms with Gasteiger partial charge in [-0.15, -0.1) is 0 Å². The average Bonchev–Trinajstić information content (AvgIpc) is 2.36. The number of aromatic nitrogens is 1. The fourth-order valence-corrected chi connectivity index (χ4v) is 3.90. The van der Waals surface area contributed by atoms with Crippen LogP contribution in [0.4, 0.5) is 0 Å². The van der Waals surface area contributed by atoms with E-state index in [0.29, 0.717) is 5.69 Å². The van der Waals surface area contributed by atoms with Gasteiger partial charge in [0, 0.05) is 15.7 Å². The molecule has 0 bridgehead atoms. The number of hydrogen-bond acceptors (Lipinski definition) is 4. The molecule has 0 spiro atoms. The van der Waals surface area contributed by atoms with Gasteiger partial charge in [-0.1, -0.05) is 23.2 Å². The largest absolute Gasteiger partial charge is 0.478 e. The second-order valence-electron chi connectivity index (χ2n) is 4.62. The first-order valence-corrected chi connectivity index (χ1v) is 8.48. The molecule has 0 fully saturated rings. The second-order valence-corrected chi connectivity index (χ2v) is 7.48. The zero-order chi connectivity index (χ0) is 16.5. The predicted molar refractivity (Wildman–Crippen MR) is 83.3 cm³/mol. The van der Waals surface area contributed by atoms with Crippen molar-refractivity contribution in [1.82, 2.24) is 4.98 Å². The van der Waals surface area contributed by atoms with Crippen LogP contribution in [0.5, 0.6) is 0 Å². The maximum atomic E-state index is 12.4. The first-order valence-electron chi connectivity index (χ1n) is 6.08. The van der Waals surface area contributed by atoms with E-state index in [1.54, 1.807) is 6.92 Å².